The molecule has 0 N–H and O–H groups in total. The predicted octanol–water partition coefficient (Wildman–Crippen LogP) is 3.49. The quantitative estimate of drug-likeness (QED) is 0.401. The maximum atomic E-state index is 4.48. The maximum absolute atomic E-state index is 4.48. The zero-order valence-corrected chi connectivity index (χ0v) is 13.2. The third-order valence-corrected chi connectivity index (χ3v) is 3.63. The second-order valence-corrected chi connectivity index (χ2v) is 5.39. The smallest absolute Gasteiger partial charge is 0.173 e. The zero-order valence-electron chi connectivity index (χ0n) is 13.2. The van der Waals surface area contributed by atoms with Gasteiger partial charge in [-0.15, -0.1) is 0 Å². The van der Waals surface area contributed by atoms with E-state index in [2.05, 4.69) is 58.5 Å². The first kappa shape index (κ1) is 15.0. The van der Waals surface area contributed by atoms with Crippen LogP contribution < -0.4 is 9.58 Å². The number of pyridine rings is 1. The van der Waals surface area contributed by atoms with E-state index >= 15 is 0 Å². The van der Waals surface area contributed by atoms with Gasteiger partial charge in [0, 0.05) is 30.3 Å². The highest BCUT2D eigenvalue weighted by Gasteiger charge is 2.02. The minimum absolute atomic E-state index is 0.877. The maximum Gasteiger partial charge on any atom is 0.173 e. The second kappa shape index (κ2) is 7.36. The van der Waals surface area contributed by atoms with E-state index in [0.717, 1.165) is 17.8 Å². The minimum atomic E-state index is 0.877. The van der Waals surface area contributed by atoms with E-state index in [1.807, 2.05) is 54.7 Å². The topological polar surface area (TPSA) is 19.5 Å². The van der Waals surface area contributed by atoms with Crippen LogP contribution in [0.3, 0.4) is 0 Å². The van der Waals surface area contributed by atoms with Crippen molar-refractivity contribution >= 4 is 11.9 Å². The molecule has 0 bridgehead atoms. The van der Waals surface area contributed by atoms with Gasteiger partial charge in [-0.05, 0) is 12.1 Å². The summed E-state index contributed by atoms with van der Waals surface area (Å²) >= 11 is 0. The summed E-state index contributed by atoms with van der Waals surface area (Å²) in [5.74, 6) is 0. The monoisotopic (exact) mass is 302 g/mol. The third-order valence-electron chi connectivity index (χ3n) is 3.63. The molecule has 1 aromatic heterocycles. The molecule has 0 radical (unpaired) electrons. The summed E-state index contributed by atoms with van der Waals surface area (Å²) in [4.78, 5) is 0. The van der Waals surface area contributed by atoms with E-state index in [1.54, 1.807) is 0 Å². The van der Waals surface area contributed by atoms with Crippen molar-refractivity contribution in [3.8, 4) is 0 Å². The molecule has 114 valence electrons. The predicted molar refractivity (Wildman–Crippen MR) is 94.6 cm³/mol. The number of hydrogen-bond acceptors (Lipinski definition) is 2. The molecule has 23 heavy (non-hydrogen) atoms. The Balaban J connectivity index is 1.64. The normalized spacial score (nSPS) is 10.8. The highest BCUT2D eigenvalue weighted by Crippen LogP contribution is 2.10. The Bertz CT molecular complexity index is 750. The molecular weight excluding hydrogens is 282 g/mol. The Morgan fingerprint density at radius 2 is 1.48 bits per heavy atom. The van der Waals surface area contributed by atoms with Crippen molar-refractivity contribution < 1.29 is 4.57 Å². The number of nitrogens with zero attached hydrogens (tertiary/aromatic N) is 3. The van der Waals surface area contributed by atoms with Gasteiger partial charge in [0.05, 0.1) is 11.9 Å². The van der Waals surface area contributed by atoms with Gasteiger partial charge in [-0.25, -0.2) is 4.57 Å². The van der Waals surface area contributed by atoms with Crippen LogP contribution in [0.5, 0.6) is 0 Å². The van der Waals surface area contributed by atoms with Crippen molar-refractivity contribution in [3.63, 3.8) is 0 Å². The van der Waals surface area contributed by atoms with Gasteiger partial charge in [0.25, 0.3) is 0 Å². The number of para-hydroxylation sites is 1. The fourth-order valence-corrected chi connectivity index (χ4v) is 2.32. The fourth-order valence-electron chi connectivity index (χ4n) is 2.32. The van der Waals surface area contributed by atoms with Crippen LogP contribution in [0.4, 0.5) is 5.69 Å². The summed E-state index contributed by atoms with van der Waals surface area (Å²) in [7, 11) is 1.95. The summed E-state index contributed by atoms with van der Waals surface area (Å²) in [6.07, 6.45) is 6.04. The van der Waals surface area contributed by atoms with Gasteiger partial charge in [-0.3, -0.25) is 5.01 Å². The Kier molecular flexibility index (Phi) is 4.79. The summed E-state index contributed by atoms with van der Waals surface area (Å²) in [5.41, 5.74) is 3.44. The van der Waals surface area contributed by atoms with E-state index in [9.17, 15) is 0 Å². The van der Waals surface area contributed by atoms with Crippen molar-refractivity contribution in [1.82, 2.24) is 0 Å². The van der Waals surface area contributed by atoms with E-state index < -0.39 is 0 Å². The minimum Gasteiger partial charge on any atom is -0.269 e. The standard InChI is InChI=1S/C20H20N3/c1-22(20-10-6-3-7-11-20)21-16-18-12-14-23(15-13-18)17-19-8-4-2-5-9-19/h2-16H,17H2,1H3/q+1. The van der Waals surface area contributed by atoms with Crippen LogP contribution in [-0.2, 0) is 6.54 Å². The average Bonchev–Trinajstić information content (AvgIpc) is 2.62. The number of aromatic nitrogens is 1. The number of benzene rings is 2. The summed E-state index contributed by atoms with van der Waals surface area (Å²) < 4.78 is 2.16. The first-order valence-corrected chi connectivity index (χ1v) is 7.67. The molecule has 0 saturated carbocycles. The Morgan fingerprint density at radius 1 is 0.870 bits per heavy atom. The van der Waals surface area contributed by atoms with Gasteiger partial charge in [-0.1, -0.05) is 48.5 Å². The van der Waals surface area contributed by atoms with Crippen molar-refractivity contribution in [2.75, 3.05) is 12.1 Å². The summed E-state index contributed by atoms with van der Waals surface area (Å²) in [6, 6.07) is 24.7. The molecule has 0 amide bonds. The number of rotatable bonds is 5. The lowest BCUT2D eigenvalue weighted by atomic mass is 10.2. The zero-order chi connectivity index (χ0) is 15.9. The lowest BCUT2D eigenvalue weighted by Crippen LogP contribution is -2.33. The molecule has 3 nitrogen and oxygen atoms in total. The van der Waals surface area contributed by atoms with Crippen LogP contribution in [0.25, 0.3) is 0 Å². The molecular formula is C20H20N3+. The first-order valence-electron chi connectivity index (χ1n) is 7.67. The van der Waals surface area contributed by atoms with Crippen molar-refractivity contribution in [1.29, 1.82) is 0 Å². The molecule has 3 heteroatoms. The molecule has 0 unspecified atom stereocenters. The molecule has 0 atom stereocenters. The van der Waals surface area contributed by atoms with Gasteiger partial charge in [0.1, 0.15) is 0 Å². The summed E-state index contributed by atoms with van der Waals surface area (Å²) in [5, 5.41) is 6.34. The Hall–Kier alpha value is -2.94. The van der Waals surface area contributed by atoms with Gasteiger partial charge < -0.3 is 0 Å². The lowest BCUT2D eigenvalue weighted by molar-refractivity contribution is -0.688. The molecule has 0 fully saturated rings. The Labute approximate surface area is 137 Å². The van der Waals surface area contributed by atoms with E-state index in [4.69, 9.17) is 0 Å². The SMILES string of the molecule is CN(N=Cc1cc[n+](Cc2ccccc2)cc1)c1ccccc1. The lowest BCUT2D eigenvalue weighted by Gasteiger charge is -2.11. The van der Waals surface area contributed by atoms with Gasteiger partial charge in [-0.2, -0.15) is 5.10 Å². The van der Waals surface area contributed by atoms with Crippen LogP contribution in [0.1, 0.15) is 11.1 Å². The summed E-state index contributed by atoms with van der Waals surface area (Å²) in [6.45, 7) is 0.877. The first-order chi connectivity index (χ1) is 11.3. The molecule has 0 spiro atoms. The molecule has 0 aliphatic heterocycles. The number of hydrogen-bond donors (Lipinski definition) is 0. The third kappa shape index (κ3) is 4.27. The molecule has 0 aliphatic carbocycles. The average molecular weight is 302 g/mol. The largest absolute Gasteiger partial charge is 0.269 e. The van der Waals surface area contributed by atoms with Crippen molar-refractivity contribution in [2.24, 2.45) is 5.10 Å². The van der Waals surface area contributed by atoms with Crippen molar-refractivity contribution in [2.45, 2.75) is 6.54 Å². The molecule has 1 heterocycles. The van der Waals surface area contributed by atoms with Gasteiger partial charge >= 0.3 is 0 Å². The van der Waals surface area contributed by atoms with Gasteiger partial charge in [0.15, 0.2) is 18.9 Å². The molecule has 0 saturated heterocycles. The van der Waals surface area contributed by atoms with Crippen LogP contribution in [-0.4, -0.2) is 13.3 Å². The van der Waals surface area contributed by atoms with E-state index in [0.29, 0.717) is 0 Å². The van der Waals surface area contributed by atoms with Gasteiger partial charge in [0.2, 0.25) is 0 Å². The van der Waals surface area contributed by atoms with Crippen LogP contribution in [0.2, 0.25) is 0 Å². The fraction of sp³-hybridized carbons (Fsp3) is 0.100. The highest BCUT2D eigenvalue weighted by molar-refractivity contribution is 5.79. The number of anilines is 1. The van der Waals surface area contributed by atoms with E-state index in [1.165, 1.54) is 5.56 Å². The van der Waals surface area contributed by atoms with Crippen LogP contribution in [0, 0.1) is 0 Å². The van der Waals surface area contributed by atoms with Crippen molar-refractivity contribution in [3.05, 3.63) is 96.3 Å². The van der Waals surface area contributed by atoms with E-state index in [-0.39, 0.29) is 0 Å². The molecule has 3 aromatic rings. The highest BCUT2D eigenvalue weighted by atomic mass is 15.4. The molecule has 2 aromatic carbocycles. The van der Waals surface area contributed by atoms with Crippen LogP contribution >= 0.6 is 0 Å². The van der Waals surface area contributed by atoms with Crippen LogP contribution in [0.15, 0.2) is 90.3 Å². The molecule has 3 rings (SSSR count). The molecule has 0 aliphatic rings. The Morgan fingerprint density at radius 3 is 2.13 bits per heavy atom. The second-order valence-electron chi connectivity index (χ2n) is 5.39. The number of hydrazone groups is 1.